The molecule has 1 amide bonds. The van der Waals surface area contributed by atoms with E-state index in [1.165, 1.54) is 0 Å². The standard InChI is InChI=1S/C22H25NO5/c24-22(17-8-10-25-11-9-17)23-13-19-15-27-20-7-6-18(12-21(20)28-19)26-14-16-4-2-1-3-5-16/h1-7,12,17,19H,8-11,13-15H2,(H,23,24)/t19-/m1/s1. The van der Waals surface area contributed by atoms with E-state index in [2.05, 4.69) is 5.32 Å². The normalized spacial score (nSPS) is 19.1. The summed E-state index contributed by atoms with van der Waals surface area (Å²) in [6, 6.07) is 15.6. The van der Waals surface area contributed by atoms with E-state index < -0.39 is 0 Å². The number of hydrogen-bond acceptors (Lipinski definition) is 5. The summed E-state index contributed by atoms with van der Waals surface area (Å²) in [7, 11) is 0. The molecule has 0 saturated carbocycles. The van der Waals surface area contributed by atoms with Gasteiger partial charge in [-0.3, -0.25) is 4.79 Å². The van der Waals surface area contributed by atoms with Crippen molar-refractivity contribution in [2.45, 2.75) is 25.6 Å². The van der Waals surface area contributed by atoms with Gasteiger partial charge in [0.2, 0.25) is 5.91 Å². The second-order valence-electron chi connectivity index (χ2n) is 7.07. The highest BCUT2D eigenvalue weighted by atomic mass is 16.6. The second kappa shape index (κ2) is 8.97. The molecule has 1 saturated heterocycles. The molecular formula is C22H25NO5. The van der Waals surface area contributed by atoms with Crippen LogP contribution >= 0.6 is 0 Å². The summed E-state index contributed by atoms with van der Waals surface area (Å²) >= 11 is 0. The third-order valence-corrected chi connectivity index (χ3v) is 4.98. The Balaban J connectivity index is 1.30. The minimum absolute atomic E-state index is 0.0311. The Kier molecular flexibility index (Phi) is 5.97. The zero-order valence-corrected chi connectivity index (χ0v) is 15.8. The van der Waals surface area contributed by atoms with Gasteiger partial charge in [-0.05, 0) is 30.5 Å². The van der Waals surface area contributed by atoms with Crippen LogP contribution in [0.4, 0.5) is 0 Å². The van der Waals surface area contributed by atoms with Crippen LogP contribution in [-0.4, -0.2) is 38.4 Å². The second-order valence-corrected chi connectivity index (χ2v) is 7.07. The third kappa shape index (κ3) is 4.75. The first-order valence-electron chi connectivity index (χ1n) is 9.73. The van der Waals surface area contributed by atoms with Crippen molar-refractivity contribution in [3.63, 3.8) is 0 Å². The van der Waals surface area contributed by atoms with Gasteiger partial charge in [0.05, 0.1) is 6.54 Å². The zero-order chi connectivity index (χ0) is 19.2. The number of amides is 1. The van der Waals surface area contributed by atoms with E-state index in [0.717, 1.165) is 24.2 Å². The van der Waals surface area contributed by atoms with E-state index >= 15 is 0 Å². The van der Waals surface area contributed by atoms with Crippen LogP contribution in [0, 0.1) is 5.92 Å². The van der Waals surface area contributed by atoms with Gasteiger partial charge in [-0.1, -0.05) is 30.3 Å². The molecule has 1 fully saturated rings. The zero-order valence-electron chi connectivity index (χ0n) is 15.8. The lowest BCUT2D eigenvalue weighted by atomic mass is 9.99. The molecule has 2 heterocycles. The van der Waals surface area contributed by atoms with E-state index in [4.69, 9.17) is 18.9 Å². The molecule has 6 nitrogen and oxygen atoms in total. The monoisotopic (exact) mass is 383 g/mol. The number of ether oxygens (including phenoxy) is 4. The Morgan fingerprint density at radius 1 is 1.07 bits per heavy atom. The average Bonchev–Trinajstić information content (AvgIpc) is 2.77. The highest BCUT2D eigenvalue weighted by Gasteiger charge is 2.25. The van der Waals surface area contributed by atoms with Crippen LogP contribution in [0.2, 0.25) is 0 Å². The van der Waals surface area contributed by atoms with Crippen molar-refractivity contribution >= 4 is 5.91 Å². The number of carbonyl (C=O) groups is 1. The number of rotatable bonds is 6. The topological polar surface area (TPSA) is 66.0 Å². The first-order valence-corrected chi connectivity index (χ1v) is 9.73. The molecule has 6 heteroatoms. The molecule has 0 aromatic heterocycles. The molecule has 2 aromatic carbocycles. The maximum absolute atomic E-state index is 12.3. The maximum atomic E-state index is 12.3. The summed E-state index contributed by atoms with van der Waals surface area (Å²) in [5.41, 5.74) is 1.10. The van der Waals surface area contributed by atoms with Gasteiger partial charge < -0.3 is 24.3 Å². The largest absolute Gasteiger partial charge is 0.489 e. The smallest absolute Gasteiger partial charge is 0.223 e. The predicted octanol–water partition coefficient (Wildman–Crippen LogP) is 2.95. The Hall–Kier alpha value is -2.73. The molecule has 148 valence electrons. The average molecular weight is 383 g/mol. The number of carbonyl (C=O) groups excluding carboxylic acids is 1. The predicted molar refractivity (Wildman–Crippen MR) is 104 cm³/mol. The van der Waals surface area contributed by atoms with Gasteiger partial charge in [0.25, 0.3) is 0 Å². The summed E-state index contributed by atoms with van der Waals surface area (Å²) in [5.74, 6) is 2.15. The van der Waals surface area contributed by atoms with Crippen molar-refractivity contribution in [3.8, 4) is 17.2 Å². The van der Waals surface area contributed by atoms with E-state index in [9.17, 15) is 4.79 Å². The van der Waals surface area contributed by atoms with E-state index in [1.807, 2.05) is 48.5 Å². The fourth-order valence-electron chi connectivity index (χ4n) is 3.35. The molecule has 1 atom stereocenters. The third-order valence-electron chi connectivity index (χ3n) is 4.98. The number of hydrogen-bond donors (Lipinski definition) is 1. The number of fused-ring (bicyclic) bond motifs is 1. The molecule has 28 heavy (non-hydrogen) atoms. The lowest BCUT2D eigenvalue weighted by Crippen LogP contribution is -2.43. The summed E-state index contributed by atoms with van der Waals surface area (Å²) in [6.07, 6.45) is 1.33. The molecule has 0 spiro atoms. The Morgan fingerprint density at radius 3 is 2.71 bits per heavy atom. The van der Waals surface area contributed by atoms with Crippen LogP contribution in [-0.2, 0) is 16.1 Å². The van der Waals surface area contributed by atoms with Gasteiger partial charge in [0.15, 0.2) is 11.5 Å². The van der Waals surface area contributed by atoms with Crippen molar-refractivity contribution in [3.05, 3.63) is 54.1 Å². The van der Waals surface area contributed by atoms with Crippen molar-refractivity contribution in [1.29, 1.82) is 0 Å². The van der Waals surface area contributed by atoms with Crippen molar-refractivity contribution in [1.82, 2.24) is 5.32 Å². The van der Waals surface area contributed by atoms with Gasteiger partial charge in [0.1, 0.15) is 25.1 Å². The molecule has 0 radical (unpaired) electrons. The number of benzene rings is 2. The molecule has 4 rings (SSSR count). The minimum atomic E-state index is -0.222. The first-order chi connectivity index (χ1) is 13.8. The lowest BCUT2D eigenvalue weighted by molar-refractivity contribution is -0.128. The van der Waals surface area contributed by atoms with E-state index in [-0.39, 0.29) is 17.9 Å². The molecule has 2 aliphatic rings. The van der Waals surface area contributed by atoms with Gasteiger partial charge in [-0.2, -0.15) is 0 Å². The van der Waals surface area contributed by atoms with Crippen molar-refractivity contribution in [2.24, 2.45) is 5.92 Å². The van der Waals surface area contributed by atoms with Crippen LogP contribution < -0.4 is 19.5 Å². The molecule has 2 aliphatic heterocycles. The van der Waals surface area contributed by atoms with Gasteiger partial charge in [-0.15, -0.1) is 0 Å². The van der Waals surface area contributed by atoms with Gasteiger partial charge in [-0.25, -0.2) is 0 Å². The molecule has 2 aromatic rings. The fourth-order valence-corrected chi connectivity index (χ4v) is 3.35. The van der Waals surface area contributed by atoms with Crippen LogP contribution in [0.15, 0.2) is 48.5 Å². The molecule has 0 aliphatic carbocycles. The van der Waals surface area contributed by atoms with E-state index in [1.54, 1.807) is 0 Å². The van der Waals surface area contributed by atoms with Crippen LogP contribution in [0.3, 0.4) is 0 Å². The summed E-state index contributed by atoms with van der Waals surface area (Å²) in [4.78, 5) is 12.3. The first kappa shape index (κ1) is 18.6. The van der Waals surface area contributed by atoms with Gasteiger partial charge >= 0.3 is 0 Å². The van der Waals surface area contributed by atoms with Crippen LogP contribution in [0.5, 0.6) is 17.2 Å². The molecule has 1 N–H and O–H groups in total. The minimum Gasteiger partial charge on any atom is -0.489 e. The summed E-state index contributed by atoms with van der Waals surface area (Å²) in [6.45, 7) is 2.63. The highest BCUT2D eigenvalue weighted by molar-refractivity contribution is 5.78. The van der Waals surface area contributed by atoms with E-state index in [0.29, 0.717) is 44.5 Å². The van der Waals surface area contributed by atoms with Gasteiger partial charge in [0, 0.05) is 25.2 Å². The van der Waals surface area contributed by atoms with Crippen molar-refractivity contribution in [2.75, 3.05) is 26.4 Å². The van der Waals surface area contributed by atoms with Crippen LogP contribution in [0.25, 0.3) is 0 Å². The molecule has 0 bridgehead atoms. The lowest BCUT2D eigenvalue weighted by Gasteiger charge is -2.28. The molecular weight excluding hydrogens is 358 g/mol. The SMILES string of the molecule is O=C(NC[C@@H]1COc2ccc(OCc3ccccc3)cc2O1)C1CCOCC1. The highest BCUT2D eigenvalue weighted by Crippen LogP contribution is 2.35. The quantitative estimate of drug-likeness (QED) is 0.831. The Morgan fingerprint density at radius 2 is 1.89 bits per heavy atom. The fraction of sp³-hybridized carbons (Fsp3) is 0.409. The number of nitrogens with one attached hydrogen (secondary N) is 1. The molecule has 0 unspecified atom stereocenters. The Labute approximate surface area is 164 Å². The maximum Gasteiger partial charge on any atom is 0.223 e. The van der Waals surface area contributed by atoms with Crippen molar-refractivity contribution < 1.29 is 23.7 Å². The summed E-state index contributed by atoms with van der Waals surface area (Å²) < 4.78 is 23.0. The Bertz CT molecular complexity index is 789. The summed E-state index contributed by atoms with van der Waals surface area (Å²) in [5, 5.41) is 2.98. The van der Waals surface area contributed by atoms with Crippen LogP contribution in [0.1, 0.15) is 18.4 Å².